The van der Waals surface area contributed by atoms with Gasteiger partial charge >= 0.3 is 6.01 Å². The molecule has 0 unspecified atom stereocenters. The van der Waals surface area contributed by atoms with Crippen molar-refractivity contribution in [3.05, 3.63) is 48.7 Å². The normalized spacial score (nSPS) is 11.0. The Labute approximate surface area is 151 Å². The lowest BCUT2D eigenvalue weighted by molar-refractivity contribution is -0.114. The fourth-order valence-electron chi connectivity index (χ4n) is 2.33. The molecule has 10 heteroatoms. The number of rotatable bonds is 5. The SMILES string of the molecule is Cc1noc(NC(=O)CSc2ncnc3c2cnn3-c2ccccc2)n1. The highest BCUT2D eigenvalue weighted by Gasteiger charge is 2.14. The molecule has 1 amide bonds. The van der Waals surface area contributed by atoms with Gasteiger partial charge < -0.3 is 4.52 Å². The molecule has 130 valence electrons. The van der Waals surface area contributed by atoms with Crippen molar-refractivity contribution < 1.29 is 9.32 Å². The van der Waals surface area contributed by atoms with Crippen LogP contribution in [0.4, 0.5) is 6.01 Å². The third-order valence-corrected chi connectivity index (χ3v) is 4.45. The second-order valence-corrected chi connectivity index (χ2v) is 6.26. The summed E-state index contributed by atoms with van der Waals surface area (Å²) in [5, 5.41) is 12.0. The summed E-state index contributed by atoms with van der Waals surface area (Å²) in [4.78, 5) is 24.6. The Bertz CT molecular complexity index is 1060. The highest BCUT2D eigenvalue weighted by atomic mass is 32.2. The van der Waals surface area contributed by atoms with Gasteiger partial charge in [0.05, 0.1) is 23.0 Å². The van der Waals surface area contributed by atoms with E-state index in [1.165, 1.54) is 18.1 Å². The molecule has 4 rings (SSSR count). The van der Waals surface area contributed by atoms with Crippen LogP contribution < -0.4 is 5.32 Å². The number of para-hydroxylation sites is 1. The Morgan fingerprint density at radius 3 is 2.88 bits per heavy atom. The number of benzene rings is 1. The minimum Gasteiger partial charge on any atom is -0.315 e. The average Bonchev–Trinajstić information content (AvgIpc) is 3.27. The first kappa shape index (κ1) is 16.2. The van der Waals surface area contributed by atoms with Crippen LogP contribution in [-0.4, -0.2) is 41.5 Å². The van der Waals surface area contributed by atoms with Crippen LogP contribution >= 0.6 is 11.8 Å². The number of aromatic nitrogens is 6. The minimum atomic E-state index is -0.263. The van der Waals surface area contributed by atoms with Crippen molar-refractivity contribution in [3.8, 4) is 5.69 Å². The quantitative estimate of drug-likeness (QED) is 0.422. The van der Waals surface area contributed by atoms with E-state index in [-0.39, 0.29) is 17.7 Å². The number of anilines is 1. The average molecular weight is 367 g/mol. The summed E-state index contributed by atoms with van der Waals surface area (Å²) >= 11 is 1.29. The van der Waals surface area contributed by atoms with Crippen LogP contribution in [0.15, 0.2) is 52.4 Å². The molecule has 0 atom stereocenters. The van der Waals surface area contributed by atoms with Gasteiger partial charge in [-0.15, -0.1) is 0 Å². The smallest absolute Gasteiger partial charge is 0.315 e. The summed E-state index contributed by atoms with van der Waals surface area (Å²) < 4.78 is 6.61. The molecule has 9 nitrogen and oxygen atoms in total. The first-order valence-electron chi connectivity index (χ1n) is 7.68. The maximum atomic E-state index is 12.0. The lowest BCUT2D eigenvalue weighted by atomic mass is 10.3. The van der Waals surface area contributed by atoms with Crippen LogP contribution in [0.25, 0.3) is 16.7 Å². The predicted octanol–water partition coefficient (Wildman–Crippen LogP) is 2.24. The number of carbonyl (C=O) groups is 1. The maximum absolute atomic E-state index is 12.0. The number of aryl methyl sites for hydroxylation is 1. The van der Waals surface area contributed by atoms with E-state index >= 15 is 0 Å². The molecular weight excluding hydrogens is 354 g/mol. The molecule has 0 spiro atoms. The van der Waals surface area contributed by atoms with Gasteiger partial charge in [-0.05, 0) is 19.1 Å². The molecule has 3 aromatic heterocycles. The van der Waals surface area contributed by atoms with E-state index < -0.39 is 0 Å². The van der Waals surface area contributed by atoms with Gasteiger partial charge in [0.1, 0.15) is 11.4 Å². The number of thioether (sulfide) groups is 1. The fraction of sp³-hybridized carbons (Fsp3) is 0.125. The van der Waals surface area contributed by atoms with Gasteiger partial charge in [-0.3, -0.25) is 10.1 Å². The number of nitrogens with one attached hydrogen (secondary N) is 1. The molecule has 0 aliphatic heterocycles. The summed E-state index contributed by atoms with van der Waals surface area (Å²) in [5.74, 6) is 0.337. The number of carbonyl (C=O) groups excluding carboxylic acids is 1. The van der Waals surface area contributed by atoms with E-state index in [0.717, 1.165) is 11.1 Å². The molecule has 0 saturated carbocycles. The van der Waals surface area contributed by atoms with Gasteiger partial charge in [-0.25, -0.2) is 14.6 Å². The molecule has 1 N–H and O–H groups in total. The van der Waals surface area contributed by atoms with Crippen molar-refractivity contribution in [1.29, 1.82) is 0 Å². The first-order valence-corrected chi connectivity index (χ1v) is 8.66. The highest BCUT2D eigenvalue weighted by molar-refractivity contribution is 8.00. The van der Waals surface area contributed by atoms with Crippen LogP contribution in [0.3, 0.4) is 0 Å². The molecule has 0 radical (unpaired) electrons. The van der Waals surface area contributed by atoms with Crippen molar-refractivity contribution in [3.63, 3.8) is 0 Å². The van der Waals surface area contributed by atoms with Crippen LogP contribution in [0.5, 0.6) is 0 Å². The van der Waals surface area contributed by atoms with Crippen molar-refractivity contribution in [2.24, 2.45) is 0 Å². The highest BCUT2D eigenvalue weighted by Crippen LogP contribution is 2.25. The van der Waals surface area contributed by atoms with E-state index in [9.17, 15) is 4.79 Å². The van der Waals surface area contributed by atoms with Gasteiger partial charge in [0.2, 0.25) is 5.91 Å². The lowest BCUT2D eigenvalue weighted by Gasteiger charge is -2.04. The predicted molar refractivity (Wildman–Crippen MR) is 95.0 cm³/mol. The standard InChI is InChI=1S/C16H13N7O2S/c1-10-20-16(25-22-10)21-13(24)8-26-15-12-7-19-23(14(12)17-9-18-15)11-5-3-2-4-6-11/h2-7,9H,8H2,1H3,(H,20,21,22,24). The Balaban J connectivity index is 1.52. The molecule has 26 heavy (non-hydrogen) atoms. The van der Waals surface area contributed by atoms with Crippen LogP contribution in [0.1, 0.15) is 5.82 Å². The van der Waals surface area contributed by atoms with E-state index in [4.69, 9.17) is 4.52 Å². The van der Waals surface area contributed by atoms with Gasteiger partial charge in [0.15, 0.2) is 11.5 Å². The first-order chi connectivity index (χ1) is 12.7. The summed E-state index contributed by atoms with van der Waals surface area (Å²) in [6, 6.07) is 9.78. The Morgan fingerprint density at radius 1 is 1.27 bits per heavy atom. The molecule has 0 bridgehead atoms. The van der Waals surface area contributed by atoms with Crippen LogP contribution in [0, 0.1) is 6.92 Å². The molecule has 4 aromatic rings. The maximum Gasteiger partial charge on any atom is 0.328 e. The lowest BCUT2D eigenvalue weighted by Crippen LogP contribution is -2.14. The molecule has 0 fully saturated rings. The Kier molecular flexibility index (Phi) is 4.32. The molecular formula is C16H13N7O2S. The zero-order valence-corrected chi connectivity index (χ0v) is 14.5. The van der Waals surface area contributed by atoms with Crippen molar-refractivity contribution in [2.45, 2.75) is 11.9 Å². The number of fused-ring (bicyclic) bond motifs is 1. The van der Waals surface area contributed by atoms with Crippen LogP contribution in [-0.2, 0) is 4.79 Å². The third-order valence-electron chi connectivity index (χ3n) is 3.44. The second-order valence-electron chi connectivity index (χ2n) is 5.29. The van der Waals surface area contributed by atoms with E-state index in [1.807, 2.05) is 30.3 Å². The zero-order chi connectivity index (χ0) is 17.9. The van der Waals surface area contributed by atoms with Crippen LogP contribution in [0.2, 0.25) is 0 Å². The number of amides is 1. The largest absolute Gasteiger partial charge is 0.328 e. The second kappa shape index (κ2) is 6.92. The fourth-order valence-corrected chi connectivity index (χ4v) is 3.09. The van der Waals surface area contributed by atoms with Gasteiger partial charge in [-0.2, -0.15) is 10.1 Å². The summed E-state index contributed by atoms with van der Waals surface area (Å²) in [6.07, 6.45) is 3.16. The van der Waals surface area contributed by atoms with Crippen molar-refractivity contribution in [1.82, 2.24) is 29.9 Å². The van der Waals surface area contributed by atoms with Crippen molar-refractivity contribution >= 4 is 34.7 Å². The Morgan fingerprint density at radius 2 is 2.12 bits per heavy atom. The minimum absolute atomic E-state index is 0.0813. The molecule has 0 aliphatic rings. The molecule has 1 aromatic carbocycles. The Hall–Kier alpha value is -3.27. The zero-order valence-electron chi connectivity index (χ0n) is 13.7. The molecule has 3 heterocycles. The van der Waals surface area contributed by atoms with E-state index in [0.29, 0.717) is 16.5 Å². The van der Waals surface area contributed by atoms with E-state index in [2.05, 4.69) is 30.5 Å². The summed E-state index contributed by atoms with van der Waals surface area (Å²) in [5.41, 5.74) is 1.59. The number of nitrogens with zero attached hydrogens (tertiary/aromatic N) is 6. The van der Waals surface area contributed by atoms with Crippen molar-refractivity contribution in [2.75, 3.05) is 11.1 Å². The molecule has 0 saturated heterocycles. The third kappa shape index (κ3) is 3.26. The van der Waals surface area contributed by atoms with E-state index in [1.54, 1.807) is 17.8 Å². The summed E-state index contributed by atoms with van der Waals surface area (Å²) in [7, 11) is 0. The summed E-state index contributed by atoms with van der Waals surface area (Å²) in [6.45, 7) is 1.68. The van der Waals surface area contributed by atoms with Gasteiger partial charge in [0.25, 0.3) is 0 Å². The number of hydrogen-bond donors (Lipinski definition) is 1. The number of hydrogen-bond acceptors (Lipinski definition) is 8. The van der Waals surface area contributed by atoms with Gasteiger partial charge in [-0.1, -0.05) is 35.1 Å². The van der Waals surface area contributed by atoms with Gasteiger partial charge in [0, 0.05) is 0 Å². The monoisotopic (exact) mass is 367 g/mol. The molecule has 0 aliphatic carbocycles. The topological polar surface area (TPSA) is 112 Å².